The zero-order chi connectivity index (χ0) is 53.0. The molecule has 0 saturated heterocycles. The molecule has 0 aromatic heterocycles. The van der Waals surface area contributed by atoms with Gasteiger partial charge in [0, 0.05) is 84.8 Å². The Morgan fingerprint density at radius 1 is 0.592 bits per heavy atom. The number of anilines is 3. The SMILES string of the molecule is CNC(=O)C1CCC(C(=O)CCC(=O)NCC(=O)CCC(=O)Nc2cc(COc3cc4c(cc3C)C(=O)N3c5ccccc5C[C@H]3CC4)cc(COc3cc4c(cc3OC)C(=O)N3c5ccccc5C[C@H]3CC4)c2)CC1. The summed E-state index contributed by atoms with van der Waals surface area (Å²) in [6.45, 7) is 1.87. The number of nitrogens with one attached hydrogen (secondary N) is 3. The number of amides is 5. The van der Waals surface area contributed by atoms with Crippen molar-refractivity contribution in [3.8, 4) is 17.2 Å². The molecule has 0 bridgehead atoms. The maximum absolute atomic E-state index is 14.1. The fourth-order valence-electron chi connectivity index (χ4n) is 11.9. The molecule has 1 aliphatic carbocycles. The van der Waals surface area contributed by atoms with E-state index in [2.05, 4.69) is 28.1 Å². The molecule has 0 radical (unpaired) electrons. The topological polar surface area (TPSA) is 190 Å². The van der Waals surface area contributed by atoms with E-state index in [1.165, 1.54) is 11.1 Å². The Morgan fingerprint density at radius 3 is 1.75 bits per heavy atom. The first-order valence-electron chi connectivity index (χ1n) is 26.7. The normalized spacial score (nSPS) is 19.1. The number of ether oxygens (including phenoxy) is 3. The monoisotopic (exact) mass is 1030 g/mol. The Balaban J connectivity index is 0.803. The molecule has 0 unspecified atom stereocenters. The molecule has 0 spiro atoms. The number of aryl methyl sites for hydroxylation is 3. The number of ketones is 2. The standard InChI is InChI=1S/C61H65N5O10/c1-36-24-49-41(16-18-46-28-43-8-4-6-10-51(43)65(46)60(49)72)30-54(36)75-34-37-25-38(35-76-56-31-42-17-19-47-29-44-9-5-7-11-52(44)66(47)61(73)50(42)32-55(56)74-3)27-45(26-37)64-58(70)22-20-48(67)33-63-57(69)23-21-53(68)39-12-14-40(15-13-39)59(71)62-2/h4-11,24-27,30-32,39-40,46-47H,12-23,28-29,33-35H2,1-3H3,(H,62,71)(H,63,69)(H,64,70)/t39?,40?,46-,47-/m1/s1. The Bertz CT molecular complexity index is 3120. The van der Waals surface area contributed by atoms with Gasteiger partial charge in [0.1, 0.15) is 24.7 Å². The third kappa shape index (κ3) is 11.1. The number of fused-ring (bicyclic) bond motifs is 8. The van der Waals surface area contributed by atoms with E-state index in [0.717, 1.165) is 65.7 Å². The summed E-state index contributed by atoms with van der Waals surface area (Å²) >= 11 is 0. The average molecular weight is 1030 g/mol. The summed E-state index contributed by atoms with van der Waals surface area (Å²) < 4.78 is 18.8. The number of carbonyl (C=O) groups is 7. The molecule has 394 valence electrons. The van der Waals surface area contributed by atoms with E-state index in [4.69, 9.17) is 14.2 Å². The first-order chi connectivity index (χ1) is 36.8. The molecule has 3 N–H and O–H groups in total. The van der Waals surface area contributed by atoms with Crippen molar-refractivity contribution < 1.29 is 47.8 Å². The van der Waals surface area contributed by atoms with Crippen LogP contribution in [0.15, 0.2) is 91.0 Å². The summed E-state index contributed by atoms with van der Waals surface area (Å²) in [5.41, 5.74) is 10.1. The number of methoxy groups -OCH3 is 1. The summed E-state index contributed by atoms with van der Waals surface area (Å²) in [5.74, 6) is 0.0495. The molecular weight excluding hydrogens is 963 g/mol. The number of hydrogen-bond acceptors (Lipinski definition) is 10. The molecule has 15 nitrogen and oxygen atoms in total. The maximum Gasteiger partial charge on any atom is 0.258 e. The number of rotatable bonds is 18. The van der Waals surface area contributed by atoms with Crippen LogP contribution in [0.1, 0.15) is 124 Å². The van der Waals surface area contributed by atoms with Gasteiger partial charge < -0.3 is 40.0 Å². The van der Waals surface area contributed by atoms with Crippen molar-refractivity contribution >= 4 is 58.2 Å². The maximum atomic E-state index is 14.1. The molecule has 1 fully saturated rings. The van der Waals surface area contributed by atoms with Gasteiger partial charge >= 0.3 is 0 Å². The van der Waals surface area contributed by atoms with Crippen LogP contribution < -0.4 is 40.0 Å². The molecule has 5 aliphatic rings. The van der Waals surface area contributed by atoms with Crippen LogP contribution in [0.25, 0.3) is 0 Å². The van der Waals surface area contributed by atoms with Crippen molar-refractivity contribution in [3.63, 3.8) is 0 Å². The van der Waals surface area contributed by atoms with Crippen LogP contribution >= 0.6 is 0 Å². The molecule has 4 heterocycles. The van der Waals surface area contributed by atoms with Gasteiger partial charge in [-0.15, -0.1) is 0 Å². The fourth-order valence-corrected chi connectivity index (χ4v) is 11.9. The minimum atomic E-state index is -0.413. The van der Waals surface area contributed by atoms with E-state index >= 15 is 0 Å². The highest BCUT2D eigenvalue weighted by Gasteiger charge is 2.39. The minimum absolute atomic E-state index is 0.00102. The molecular formula is C61H65N5O10. The molecule has 10 rings (SSSR count). The van der Waals surface area contributed by atoms with Gasteiger partial charge in [-0.2, -0.15) is 0 Å². The van der Waals surface area contributed by atoms with Crippen molar-refractivity contribution in [3.05, 3.63) is 141 Å². The molecule has 5 aromatic carbocycles. The van der Waals surface area contributed by atoms with Crippen LogP contribution in [-0.2, 0) is 62.9 Å². The van der Waals surface area contributed by atoms with Gasteiger partial charge in [-0.1, -0.05) is 36.4 Å². The van der Waals surface area contributed by atoms with Crippen LogP contribution in [-0.4, -0.2) is 73.9 Å². The second-order valence-electron chi connectivity index (χ2n) is 20.9. The largest absolute Gasteiger partial charge is 0.493 e. The Hall–Kier alpha value is -7.81. The van der Waals surface area contributed by atoms with Gasteiger partial charge in [0.05, 0.1) is 13.7 Å². The quantitative estimate of drug-likeness (QED) is 0.0768. The number of para-hydroxylation sites is 2. The smallest absolute Gasteiger partial charge is 0.258 e. The van der Waals surface area contributed by atoms with Gasteiger partial charge in [-0.3, -0.25) is 33.6 Å². The zero-order valence-electron chi connectivity index (χ0n) is 43.5. The average Bonchev–Trinajstić information content (AvgIpc) is 3.97. The van der Waals surface area contributed by atoms with E-state index in [9.17, 15) is 33.6 Å². The molecule has 15 heteroatoms. The summed E-state index contributed by atoms with van der Waals surface area (Å²) in [5, 5.41) is 8.21. The first kappa shape index (κ1) is 51.7. The summed E-state index contributed by atoms with van der Waals surface area (Å²) in [7, 11) is 3.16. The van der Waals surface area contributed by atoms with Crippen LogP contribution in [0.5, 0.6) is 17.2 Å². The van der Waals surface area contributed by atoms with Crippen molar-refractivity contribution in [1.29, 1.82) is 0 Å². The Kier molecular flexibility index (Phi) is 15.3. The molecule has 76 heavy (non-hydrogen) atoms. The van der Waals surface area contributed by atoms with Crippen molar-refractivity contribution in [2.24, 2.45) is 11.8 Å². The van der Waals surface area contributed by atoms with Crippen molar-refractivity contribution in [2.75, 3.05) is 35.8 Å². The van der Waals surface area contributed by atoms with E-state index < -0.39 is 11.8 Å². The van der Waals surface area contributed by atoms with Crippen LogP contribution in [0.3, 0.4) is 0 Å². The van der Waals surface area contributed by atoms with Gasteiger partial charge in [0.2, 0.25) is 17.7 Å². The highest BCUT2D eigenvalue weighted by atomic mass is 16.5. The van der Waals surface area contributed by atoms with Crippen LogP contribution in [0, 0.1) is 18.8 Å². The lowest BCUT2D eigenvalue weighted by Gasteiger charge is -2.26. The number of carbonyl (C=O) groups excluding carboxylic acids is 7. The van der Waals surface area contributed by atoms with Crippen LogP contribution in [0.4, 0.5) is 17.1 Å². The lowest BCUT2D eigenvalue weighted by molar-refractivity contribution is -0.130. The number of Topliss-reactive ketones (excluding diaryl/α,β-unsaturated/α-hetero) is 2. The lowest BCUT2D eigenvalue weighted by Crippen LogP contribution is -2.36. The summed E-state index contributed by atoms with van der Waals surface area (Å²) in [6.07, 6.45) is 6.96. The molecule has 2 atom stereocenters. The lowest BCUT2D eigenvalue weighted by atomic mass is 9.79. The van der Waals surface area contributed by atoms with E-state index in [1.54, 1.807) is 26.3 Å². The molecule has 4 aliphatic heterocycles. The van der Waals surface area contributed by atoms with Crippen LogP contribution in [0.2, 0.25) is 0 Å². The molecule has 5 amide bonds. The number of nitrogens with zero attached hydrogens (tertiary/aromatic N) is 2. The van der Waals surface area contributed by atoms with E-state index in [0.29, 0.717) is 71.7 Å². The van der Waals surface area contributed by atoms with Gasteiger partial charge in [0.25, 0.3) is 11.8 Å². The molecule has 5 aromatic rings. The number of benzene rings is 5. The third-order valence-electron chi connectivity index (χ3n) is 16.0. The second-order valence-corrected chi connectivity index (χ2v) is 20.9. The Labute approximate surface area is 443 Å². The van der Waals surface area contributed by atoms with Gasteiger partial charge in [0.15, 0.2) is 17.3 Å². The predicted octanol–water partition coefficient (Wildman–Crippen LogP) is 8.50. The fraction of sp³-hybridized carbons (Fsp3) is 0.393. The zero-order valence-corrected chi connectivity index (χ0v) is 43.5. The summed E-state index contributed by atoms with van der Waals surface area (Å²) in [6, 6.07) is 29.4. The first-order valence-corrected chi connectivity index (χ1v) is 26.7. The molecule has 1 saturated carbocycles. The third-order valence-corrected chi connectivity index (χ3v) is 16.0. The number of hydrogen-bond donors (Lipinski definition) is 3. The Morgan fingerprint density at radius 2 is 1.14 bits per heavy atom. The predicted molar refractivity (Wildman–Crippen MR) is 287 cm³/mol. The highest BCUT2D eigenvalue weighted by molar-refractivity contribution is 6.10. The van der Waals surface area contributed by atoms with Crippen molar-refractivity contribution in [1.82, 2.24) is 10.6 Å². The summed E-state index contributed by atoms with van der Waals surface area (Å²) in [4.78, 5) is 95.9. The van der Waals surface area contributed by atoms with Crippen molar-refractivity contribution in [2.45, 2.75) is 122 Å². The van der Waals surface area contributed by atoms with E-state index in [1.807, 2.05) is 83.5 Å². The highest BCUT2D eigenvalue weighted by Crippen LogP contribution is 2.42. The van der Waals surface area contributed by atoms with Gasteiger partial charge in [-0.05, 0) is 165 Å². The van der Waals surface area contributed by atoms with Gasteiger partial charge in [-0.25, -0.2) is 0 Å². The minimum Gasteiger partial charge on any atom is -0.493 e. The van der Waals surface area contributed by atoms with E-state index in [-0.39, 0.29) is 98.6 Å². The second kappa shape index (κ2) is 22.6.